The Bertz CT molecular complexity index is 201. The lowest BCUT2D eigenvalue weighted by atomic mass is 9.74. The quantitative estimate of drug-likeness (QED) is 0.495. The lowest BCUT2D eigenvalue weighted by molar-refractivity contribution is 0.435. The SMILES string of the molecule is CC.CC(C)C1=C(C(C)(C)C)CCCC1. The van der Waals surface area contributed by atoms with Crippen molar-refractivity contribution in [3.05, 3.63) is 11.1 Å². The van der Waals surface area contributed by atoms with E-state index in [9.17, 15) is 0 Å². The zero-order valence-electron chi connectivity index (χ0n) is 11.9. The van der Waals surface area contributed by atoms with E-state index in [1.165, 1.54) is 25.7 Å². The van der Waals surface area contributed by atoms with Crippen LogP contribution in [0.15, 0.2) is 11.1 Å². The molecule has 1 aliphatic rings. The van der Waals surface area contributed by atoms with E-state index in [4.69, 9.17) is 0 Å². The molecule has 0 amide bonds. The van der Waals surface area contributed by atoms with Gasteiger partial charge in [0.1, 0.15) is 0 Å². The average Bonchev–Trinajstić information content (AvgIpc) is 2.19. The maximum atomic E-state index is 2.36. The van der Waals surface area contributed by atoms with Crippen LogP contribution < -0.4 is 0 Å². The highest BCUT2D eigenvalue weighted by Crippen LogP contribution is 2.39. The molecule has 0 N–H and O–H groups in total. The standard InChI is InChI=1S/C13H24.C2H6/c1-10(2)11-8-6-7-9-12(11)13(3,4)5;1-2/h10H,6-9H2,1-5H3;1-2H3. The third kappa shape index (κ3) is 4.40. The van der Waals surface area contributed by atoms with Gasteiger partial charge in [-0.15, -0.1) is 0 Å². The topological polar surface area (TPSA) is 0 Å². The molecule has 0 bridgehead atoms. The fourth-order valence-electron chi connectivity index (χ4n) is 2.42. The maximum Gasteiger partial charge on any atom is -0.0170 e. The van der Waals surface area contributed by atoms with E-state index in [1.807, 2.05) is 13.8 Å². The molecule has 0 spiro atoms. The molecule has 0 aromatic heterocycles. The molecule has 0 saturated heterocycles. The molecule has 0 nitrogen and oxygen atoms in total. The van der Waals surface area contributed by atoms with Crippen LogP contribution in [0.25, 0.3) is 0 Å². The van der Waals surface area contributed by atoms with Crippen molar-refractivity contribution in [1.29, 1.82) is 0 Å². The molecule has 0 heterocycles. The van der Waals surface area contributed by atoms with E-state index in [1.54, 1.807) is 11.1 Å². The molecule has 0 unspecified atom stereocenters. The van der Waals surface area contributed by atoms with Gasteiger partial charge in [-0.05, 0) is 37.0 Å². The van der Waals surface area contributed by atoms with Gasteiger partial charge >= 0.3 is 0 Å². The first kappa shape index (κ1) is 14.7. The Hall–Kier alpha value is -0.260. The summed E-state index contributed by atoms with van der Waals surface area (Å²) < 4.78 is 0. The molecule has 1 aliphatic carbocycles. The first-order chi connectivity index (χ1) is 6.93. The minimum Gasteiger partial charge on any atom is -0.0683 e. The van der Waals surface area contributed by atoms with Gasteiger partial charge in [-0.25, -0.2) is 0 Å². The predicted molar refractivity (Wildman–Crippen MR) is 71.1 cm³/mol. The monoisotopic (exact) mass is 210 g/mol. The normalized spacial score (nSPS) is 17.6. The van der Waals surface area contributed by atoms with Crippen LogP contribution in [0.4, 0.5) is 0 Å². The van der Waals surface area contributed by atoms with Crippen molar-refractivity contribution >= 4 is 0 Å². The molecule has 0 radical (unpaired) electrons. The molecular formula is C15H30. The third-order valence-corrected chi connectivity index (χ3v) is 3.11. The average molecular weight is 210 g/mol. The van der Waals surface area contributed by atoms with Gasteiger partial charge in [-0.2, -0.15) is 0 Å². The fraction of sp³-hybridized carbons (Fsp3) is 0.867. The van der Waals surface area contributed by atoms with E-state index >= 15 is 0 Å². The zero-order chi connectivity index (χ0) is 12.1. The van der Waals surface area contributed by atoms with Crippen molar-refractivity contribution < 1.29 is 0 Å². The molecule has 0 fully saturated rings. The molecule has 0 saturated carbocycles. The van der Waals surface area contributed by atoms with Crippen LogP contribution in [0.1, 0.15) is 74.1 Å². The highest BCUT2D eigenvalue weighted by molar-refractivity contribution is 5.23. The maximum absolute atomic E-state index is 2.36. The second-order valence-electron chi connectivity index (χ2n) is 5.62. The number of allylic oxidation sites excluding steroid dienone is 2. The zero-order valence-corrected chi connectivity index (χ0v) is 11.9. The first-order valence-electron chi connectivity index (χ1n) is 6.65. The van der Waals surface area contributed by atoms with E-state index < -0.39 is 0 Å². The Kier molecular flexibility index (Phi) is 6.24. The predicted octanol–water partition coefficient (Wildman–Crippen LogP) is 5.59. The summed E-state index contributed by atoms with van der Waals surface area (Å²) in [5.74, 6) is 0.759. The first-order valence-corrected chi connectivity index (χ1v) is 6.65. The van der Waals surface area contributed by atoms with Gasteiger partial charge in [0.2, 0.25) is 0 Å². The van der Waals surface area contributed by atoms with Gasteiger partial charge in [0.25, 0.3) is 0 Å². The largest absolute Gasteiger partial charge is 0.0683 e. The summed E-state index contributed by atoms with van der Waals surface area (Å²) in [5.41, 5.74) is 3.90. The molecule has 0 atom stereocenters. The molecule has 0 aromatic rings. The highest BCUT2D eigenvalue weighted by Gasteiger charge is 2.24. The van der Waals surface area contributed by atoms with Crippen LogP contribution in [0.2, 0.25) is 0 Å². The minimum absolute atomic E-state index is 0.403. The summed E-state index contributed by atoms with van der Waals surface area (Å²) in [4.78, 5) is 0. The Balaban J connectivity index is 0.000000921. The van der Waals surface area contributed by atoms with Crippen LogP contribution in [-0.2, 0) is 0 Å². The van der Waals surface area contributed by atoms with Crippen LogP contribution >= 0.6 is 0 Å². The third-order valence-electron chi connectivity index (χ3n) is 3.11. The van der Waals surface area contributed by atoms with E-state index in [2.05, 4.69) is 34.6 Å². The number of hydrogen-bond acceptors (Lipinski definition) is 0. The van der Waals surface area contributed by atoms with Crippen molar-refractivity contribution in [3.63, 3.8) is 0 Å². The second-order valence-corrected chi connectivity index (χ2v) is 5.62. The summed E-state index contributed by atoms with van der Waals surface area (Å²) in [6.45, 7) is 15.8. The van der Waals surface area contributed by atoms with Gasteiger partial charge in [0.15, 0.2) is 0 Å². The molecule has 0 aromatic carbocycles. The summed E-state index contributed by atoms with van der Waals surface area (Å²) in [5, 5.41) is 0. The molecule has 0 aliphatic heterocycles. The Morgan fingerprint density at radius 2 is 1.40 bits per heavy atom. The highest BCUT2D eigenvalue weighted by atomic mass is 14.3. The van der Waals surface area contributed by atoms with Crippen molar-refractivity contribution in [2.45, 2.75) is 74.1 Å². The van der Waals surface area contributed by atoms with Crippen LogP contribution in [-0.4, -0.2) is 0 Å². The lowest BCUT2D eigenvalue weighted by Crippen LogP contribution is -2.17. The minimum atomic E-state index is 0.403. The van der Waals surface area contributed by atoms with Crippen molar-refractivity contribution in [3.8, 4) is 0 Å². The Morgan fingerprint density at radius 3 is 1.73 bits per heavy atom. The van der Waals surface area contributed by atoms with Crippen molar-refractivity contribution in [2.75, 3.05) is 0 Å². The molecular weight excluding hydrogens is 180 g/mol. The van der Waals surface area contributed by atoms with Crippen LogP contribution in [0.5, 0.6) is 0 Å². The van der Waals surface area contributed by atoms with Gasteiger partial charge in [0.05, 0.1) is 0 Å². The molecule has 90 valence electrons. The van der Waals surface area contributed by atoms with Crippen LogP contribution in [0.3, 0.4) is 0 Å². The van der Waals surface area contributed by atoms with Gasteiger partial charge in [-0.1, -0.05) is 59.6 Å². The summed E-state index contributed by atoms with van der Waals surface area (Å²) in [6, 6.07) is 0. The molecule has 15 heavy (non-hydrogen) atoms. The number of rotatable bonds is 1. The fourth-order valence-corrected chi connectivity index (χ4v) is 2.42. The smallest absolute Gasteiger partial charge is 0.0170 e. The lowest BCUT2D eigenvalue weighted by Gasteiger charge is -2.32. The second kappa shape index (κ2) is 6.35. The summed E-state index contributed by atoms with van der Waals surface area (Å²) in [6.07, 6.45) is 5.51. The number of hydrogen-bond donors (Lipinski definition) is 0. The van der Waals surface area contributed by atoms with Gasteiger partial charge in [-0.3, -0.25) is 0 Å². The molecule has 1 rings (SSSR count). The molecule has 0 heteroatoms. The summed E-state index contributed by atoms with van der Waals surface area (Å²) in [7, 11) is 0. The van der Waals surface area contributed by atoms with E-state index in [0.717, 1.165) is 5.92 Å². The van der Waals surface area contributed by atoms with E-state index in [-0.39, 0.29) is 0 Å². The van der Waals surface area contributed by atoms with Crippen molar-refractivity contribution in [1.82, 2.24) is 0 Å². The van der Waals surface area contributed by atoms with Gasteiger partial charge in [0, 0.05) is 0 Å². The van der Waals surface area contributed by atoms with Crippen molar-refractivity contribution in [2.24, 2.45) is 11.3 Å². The Labute approximate surface area is 97.2 Å². The Morgan fingerprint density at radius 1 is 0.933 bits per heavy atom. The van der Waals surface area contributed by atoms with Gasteiger partial charge < -0.3 is 0 Å². The summed E-state index contributed by atoms with van der Waals surface area (Å²) >= 11 is 0. The van der Waals surface area contributed by atoms with E-state index in [0.29, 0.717) is 5.41 Å². The van der Waals surface area contributed by atoms with Crippen LogP contribution in [0, 0.1) is 11.3 Å².